The van der Waals surface area contributed by atoms with Crippen molar-refractivity contribution in [3.63, 3.8) is 0 Å². The minimum atomic E-state index is -3.46. The number of nitrogens with zero attached hydrogens (tertiary/aromatic N) is 2. The molecule has 1 N–H and O–H groups in total. The third kappa shape index (κ3) is 5.02. The number of anilines is 1. The van der Waals surface area contributed by atoms with Crippen molar-refractivity contribution < 1.29 is 13.2 Å². The molecule has 2 aliphatic rings. The summed E-state index contributed by atoms with van der Waals surface area (Å²) < 4.78 is 28.1. The summed E-state index contributed by atoms with van der Waals surface area (Å²) in [6.07, 6.45) is 5.24. The molecule has 2 fully saturated rings. The fourth-order valence-corrected chi connectivity index (χ4v) is 5.20. The molecular formula is C20H31N3O3S. The number of hydrogen-bond donors (Lipinski definition) is 1. The van der Waals surface area contributed by atoms with Crippen LogP contribution in [0.4, 0.5) is 5.69 Å². The van der Waals surface area contributed by atoms with Crippen molar-refractivity contribution in [2.75, 3.05) is 31.1 Å². The van der Waals surface area contributed by atoms with Crippen LogP contribution < -0.4 is 9.62 Å². The molecule has 27 heavy (non-hydrogen) atoms. The van der Waals surface area contributed by atoms with Crippen molar-refractivity contribution in [3.8, 4) is 0 Å². The lowest BCUT2D eigenvalue weighted by Gasteiger charge is -2.37. The lowest BCUT2D eigenvalue weighted by Crippen LogP contribution is -2.49. The van der Waals surface area contributed by atoms with Gasteiger partial charge in [0.1, 0.15) is 0 Å². The summed E-state index contributed by atoms with van der Waals surface area (Å²) >= 11 is 0. The predicted octanol–water partition coefficient (Wildman–Crippen LogP) is 2.60. The van der Waals surface area contributed by atoms with E-state index in [2.05, 4.69) is 9.62 Å². The van der Waals surface area contributed by atoms with Gasteiger partial charge >= 0.3 is 0 Å². The first kappa shape index (κ1) is 20.1. The standard InChI is InChI=1S/C20H31N3O3S/c1-16(2)20(24)23-14-12-22(13-15-23)18-8-10-19(11-9-18)27(25,26)21-17-6-4-3-5-7-17/h8-11,16-17,21H,3-7,12-15H2,1-2H3. The minimum Gasteiger partial charge on any atom is -0.368 e. The van der Waals surface area contributed by atoms with Crippen molar-refractivity contribution in [2.45, 2.75) is 56.9 Å². The molecule has 1 aliphatic heterocycles. The zero-order valence-corrected chi connectivity index (χ0v) is 17.2. The molecule has 0 radical (unpaired) electrons. The van der Waals surface area contributed by atoms with Crippen molar-refractivity contribution in [2.24, 2.45) is 5.92 Å². The van der Waals surface area contributed by atoms with E-state index in [0.29, 0.717) is 18.0 Å². The van der Waals surface area contributed by atoms with E-state index < -0.39 is 10.0 Å². The van der Waals surface area contributed by atoms with Gasteiger partial charge in [-0.05, 0) is 37.1 Å². The average Bonchev–Trinajstić information content (AvgIpc) is 2.68. The summed E-state index contributed by atoms with van der Waals surface area (Å²) in [5, 5.41) is 0. The van der Waals surface area contributed by atoms with Crippen molar-refractivity contribution in [1.82, 2.24) is 9.62 Å². The Labute approximate surface area is 163 Å². The molecule has 150 valence electrons. The highest BCUT2D eigenvalue weighted by Crippen LogP contribution is 2.22. The average molecular weight is 394 g/mol. The predicted molar refractivity (Wildman–Crippen MR) is 107 cm³/mol. The molecule has 3 rings (SSSR count). The lowest BCUT2D eigenvalue weighted by atomic mass is 9.96. The summed E-state index contributed by atoms with van der Waals surface area (Å²) in [4.78, 5) is 16.5. The van der Waals surface area contributed by atoms with E-state index >= 15 is 0 Å². The smallest absolute Gasteiger partial charge is 0.240 e. The van der Waals surface area contributed by atoms with Crippen LogP contribution in [0.15, 0.2) is 29.2 Å². The van der Waals surface area contributed by atoms with Crippen LogP contribution in [0.1, 0.15) is 46.0 Å². The highest BCUT2D eigenvalue weighted by atomic mass is 32.2. The number of piperazine rings is 1. The second-order valence-corrected chi connectivity index (χ2v) is 9.63. The van der Waals surface area contributed by atoms with Crippen LogP contribution in [0.3, 0.4) is 0 Å². The molecule has 0 unspecified atom stereocenters. The normalized spacial score (nSPS) is 19.5. The van der Waals surface area contributed by atoms with E-state index in [0.717, 1.165) is 44.5 Å². The molecule has 0 atom stereocenters. The van der Waals surface area contributed by atoms with Gasteiger partial charge < -0.3 is 9.80 Å². The Morgan fingerprint density at radius 1 is 1.00 bits per heavy atom. The molecule has 1 saturated carbocycles. The highest BCUT2D eigenvalue weighted by Gasteiger charge is 2.24. The Hall–Kier alpha value is -1.60. The van der Waals surface area contributed by atoms with Crippen LogP contribution in [0.5, 0.6) is 0 Å². The third-order valence-electron chi connectivity index (χ3n) is 5.52. The first-order valence-corrected chi connectivity index (χ1v) is 11.5. The third-order valence-corrected chi connectivity index (χ3v) is 7.06. The van der Waals surface area contributed by atoms with Crippen molar-refractivity contribution >= 4 is 21.6 Å². The Morgan fingerprint density at radius 3 is 2.15 bits per heavy atom. The summed E-state index contributed by atoms with van der Waals surface area (Å²) in [6.45, 7) is 6.81. The minimum absolute atomic E-state index is 0.0257. The zero-order chi connectivity index (χ0) is 19.4. The van der Waals surface area contributed by atoms with E-state index in [1.807, 2.05) is 30.9 Å². The Balaban J connectivity index is 1.59. The van der Waals surface area contributed by atoms with Gasteiger partial charge in [-0.2, -0.15) is 0 Å². The molecule has 0 bridgehead atoms. The zero-order valence-electron chi connectivity index (χ0n) is 16.4. The first-order valence-electron chi connectivity index (χ1n) is 10.0. The summed E-state index contributed by atoms with van der Waals surface area (Å²) in [6, 6.07) is 7.18. The van der Waals surface area contributed by atoms with Gasteiger partial charge in [-0.15, -0.1) is 0 Å². The molecule has 1 amide bonds. The van der Waals surface area contributed by atoms with Gasteiger partial charge in [-0.25, -0.2) is 13.1 Å². The van der Waals surface area contributed by atoms with Crippen LogP contribution in [-0.4, -0.2) is 51.4 Å². The van der Waals surface area contributed by atoms with Crippen molar-refractivity contribution in [1.29, 1.82) is 0 Å². The van der Waals surface area contributed by atoms with Gasteiger partial charge in [0.25, 0.3) is 0 Å². The number of sulfonamides is 1. The molecule has 0 aromatic heterocycles. The molecule has 7 heteroatoms. The second-order valence-electron chi connectivity index (χ2n) is 7.92. The first-order chi connectivity index (χ1) is 12.9. The van der Waals surface area contributed by atoms with Gasteiger partial charge in [0, 0.05) is 43.8 Å². The van der Waals surface area contributed by atoms with Crippen LogP contribution in [0, 0.1) is 5.92 Å². The number of rotatable bonds is 5. The number of hydrogen-bond acceptors (Lipinski definition) is 4. The van der Waals surface area contributed by atoms with E-state index in [-0.39, 0.29) is 17.9 Å². The Morgan fingerprint density at radius 2 is 1.59 bits per heavy atom. The molecular weight excluding hydrogens is 362 g/mol. The summed E-state index contributed by atoms with van der Waals surface area (Å²) in [5.74, 6) is 0.225. The molecule has 1 aromatic carbocycles. The molecule has 1 aliphatic carbocycles. The van der Waals surface area contributed by atoms with E-state index in [1.54, 1.807) is 12.1 Å². The van der Waals surface area contributed by atoms with Crippen LogP contribution >= 0.6 is 0 Å². The monoisotopic (exact) mass is 393 g/mol. The topological polar surface area (TPSA) is 69.7 Å². The van der Waals surface area contributed by atoms with Crippen LogP contribution in [-0.2, 0) is 14.8 Å². The van der Waals surface area contributed by atoms with Gasteiger partial charge in [-0.3, -0.25) is 4.79 Å². The SMILES string of the molecule is CC(C)C(=O)N1CCN(c2ccc(S(=O)(=O)NC3CCCCC3)cc2)CC1. The Bertz CT molecular complexity index is 732. The second kappa shape index (κ2) is 8.61. The molecule has 1 heterocycles. The van der Waals surface area contributed by atoms with Gasteiger partial charge in [0.2, 0.25) is 15.9 Å². The van der Waals surface area contributed by atoms with Crippen LogP contribution in [0.2, 0.25) is 0 Å². The van der Waals surface area contributed by atoms with Gasteiger partial charge in [0.15, 0.2) is 0 Å². The number of carbonyl (C=O) groups is 1. The highest BCUT2D eigenvalue weighted by molar-refractivity contribution is 7.89. The maximum absolute atomic E-state index is 12.6. The molecule has 1 saturated heterocycles. The molecule has 0 spiro atoms. The van der Waals surface area contributed by atoms with E-state index in [1.165, 1.54) is 6.42 Å². The fraction of sp³-hybridized carbons (Fsp3) is 0.650. The summed E-state index contributed by atoms with van der Waals surface area (Å²) in [5.41, 5.74) is 1.00. The Kier molecular flexibility index (Phi) is 6.42. The lowest BCUT2D eigenvalue weighted by molar-refractivity contribution is -0.134. The van der Waals surface area contributed by atoms with E-state index in [4.69, 9.17) is 0 Å². The maximum Gasteiger partial charge on any atom is 0.240 e. The van der Waals surface area contributed by atoms with Gasteiger partial charge in [0.05, 0.1) is 4.90 Å². The molecule has 6 nitrogen and oxygen atoms in total. The summed E-state index contributed by atoms with van der Waals surface area (Å²) in [7, 11) is -3.46. The maximum atomic E-state index is 12.6. The van der Waals surface area contributed by atoms with Crippen LogP contribution in [0.25, 0.3) is 0 Å². The largest absolute Gasteiger partial charge is 0.368 e. The fourth-order valence-electron chi connectivity index (χ4n) is 3.89. The number of nitrogens with one attached hydrogen (secondary N) is 1. The molecule has 1 aromatic rings. The number of amides is 1. The van der Waals surface area contributed by atoms with Crippen molar-refractivity contribution in [3.05, 3.63) is 24.3 Å². The van der Waals surface area contributed by atoms with Gasteiger partial charge in [-0.1, -0.05) is 33.1 Å². The number of carbonyl (C=O) groups excluding carboxylic acids is 1. The quantitative estimate of drug-likeness (QED) is 0.835. The van der Waals surface area contributed by atoms with E-state index in [9.17, 15) is 13.2 Å². The number of benzene rings is 1.